The van der Waals surface area contributed by atoms with Gasteiger partial charge in [0.25, 0.3) is 0 Å². The number of piperazine rings is 1. The fourth-order valence-electron chi connectivity index (χ4n) is 1.98. The standard InChI is InChI=1S/C13H25N3O2/c1-10(2)9-12(17)15-5-7-16(8-6-15)13(18)14-11(3)4/h10-11H,5-9H2,1-4H3,(H,14,18). The second-order valence-electron chi connectivity index (χ2n) is 5.57. The zero-order valence-electron chi connectivity index (χ0n) is 11.9. The summed E-state index contributed by atoms with van der Waals surface area (Å²) in [5.41, 5.74) is 0. The molecule has 104 valence electrons. The summed E-state index contributed by atoms with van der Waals surface area (Å²) in [5, 5.41) is 2.87. The molecule has 0 radical (unpaired) electrons. The molecular formula is C13H25N3O2. The van der Waals surface area contributed by atoms with Crippen molar-refractivity contribution in [2.75, 3.05) is 26.2 Å². The average Bonchev–Trinajstić information content (AvgIpc) is 2.27. The molecule has 1 aliphatic heterocycles. The Morgan fingerprint density at radius 2 is 1.50 bits per heavy atom. The topological polar surface area (TPSA) is 52.7 Å². The molecule has 1 saturated heterocycles. The van der Waals surface area contributed by atoms with Gasteiger partial charge in [0.1, 0.15) is 0 Å². The summed E-state index contributed by atoms with van der Waals surface area (Å²) in [6.07, 6.45) is 0.595. The van der Waals surface area contributed by atoms with Gasteiger partial charge in [-0.1, -0.05) is 13.8 Å². The van der Waals surface area contributed by atoms with Crippen molar-refractivity contribution >= 4 is 11.9 Å². The highest BCUT2D eigenvalue weighted by Gasteiger charge is 2.24. The molecular weight excluding hydrogens is 230 g/mol. The number of hydrogen-bond acceptors (Lipinski definition) is 2. The first-order valence-electron chi connectivity index (χ1n) is 6.73. The molecule has 5 nitrogen and oxygen atoms in total. The molecule has 0 aromatic carbocycles. The van der Waals surface area contributed by atoms with E-state index in [1.807, 2.05) is 32.6 Å². The minimum atomic E-state index is -0.0269. The van der Waals surface area contributed by atoms with Crippen molar-refractivity contribution in [3.05, 3.63) is 0 Å². The van der Waals surface area contributed by atoms with Crippen LogP contribution in [0.4, 0.5) is 4.79 Å². The third-order valence-corrected chi connectivity index (χ3v) is 2.91. The van der Waals surface area contributed by atoms with Crippen LogP contribution in [0.15, 0.2) is 0 Å². The lowest BCUT2D eigenvalue weighted by atomic mass is 10.1. The SMILES string of the molecule is CC(C)CC(=O)N1CCN(C(=O)NC(C)C)CC1. The van der Waals surface area contributed by atoms with Crippen molar-refractivity contribution in [2.45, 2.75) is 40.2 Å². The molecule has 0 saturated carbocycles. The van der Waals surface area contributed by atoms with E-state index in [2.05, 4.69) is 5.32 Å². The Kier molecular flexibility index (Phi) is 5.44. The monoisotopic (exact) mass is 255 g/mol. The van der Waals surface area contributed by atoms with Gasteiger partial charge < -0.3 is 15.1 Å². The van der Waals surface area contributed by atoms with Crippen molar-refractivity contribution in [2.24, 2.45) is 5.92 Å². The van der Waals surface area contributed by atoms with Gasteiger partial charge in [-0.3, -0.25) is 4.79 Å². The van der Waals surface area contributed by atoms with E-state index in [-0.39, 0.29) is 18.0 Å². The Morgan fingerprint density at radius 3 is 1.94 bits per heavy atom. The zero-order valence-corrected chi connectivity index (χ0v) is 11.9. The molecule has 0 aromatic heterocycles. The van der Waals surface area contributed by atoms with Crippen LogP contribution in [-0.2, 0) is 4.79 Å². The lowest BCUT2D eigenvalue weighted by Crippen LogP contribution is -2.54. The number of urea groups is 1. The molecule has 0 atom stereocenters. The second kappa shape index (κ2) is 6.61. The van der Waals surface area contributed by atoms with E-state index in [9.17, 15) is 9.59 Å². The summed E-state index contributed by atoms with van der Waals surface area (Å²) in [6, 6.07) is 0.124. The van der Waals surface area contributed by atoms with E-state index in [1.54, 1.807) is 4.90 Å². The smallest absolute Gasteiger partial charge is 0.317 e. The highest BCUT2D eigenvalue weighted by Crippen LogP contribution is 2.08. The van der Waals surface area contributed by atoms with Crippen LogP contribution in [0.3, 0.4) is 0 Å². The number of carbonyl (C=O) groups is 2. The van der Waals surface area contributed by atoms with Crippen LogP contribution in [0, 0.1) is 5.92 Å². The molecule has 5 heteroatoms. The maximum atomic E-state index is 11.9. The van der Waals surface area contributed by atoms with E-state index in [4.69, 9.17) is 0 Å². The minimum Gasteiger partial charge on any atom is -0.339 e. The van der Waals surface area contributed by atoms with Crippen LogP contribution >= 0.6 is 0 Å². The number of amides is 3. The Morgan fingerprint density at radius 1 is 1.00 bits per heavy atom. The Labute approximate surface area is 110 Å². The quantitative estimate of drug-likeness (QED) is 0.826. The van der Waals surface area contributed by atoms with Crippen LogP contribution in [0.1, 0.15) is 34.1 Å². The van der Waals surface area contributed by atoms with Crippen LogP contribution in [0.25, 0.3) is 0 Å². The van der Waals surface area contributed by atoms with Crippen molar-refractivity contribution in [1.82, 2.24) is 15.1 Å². The number of nitrogens with zero attached hydrogens (tertiary/aromatic N) is 2. The Bertz CT molecular complexity index is 265. The molecule has 3 amide bonds. The van der Waals surface area contributed by atoms with E-state index in [0.29, 0.717) is 38.5 Å². The molecule has 1 aliphatic rings. The normalized spacial score (nSPS) is 16.3. The van der Waals surface area contributed by atoms with E-state index >= 15 is 0 Å². The van der Waals surface area contributed by atoms with Crippen LogP contribution in [-0.4, -0.2) is 54.0 Å². The van der Waals surface area contributed by atoms with Gasteiger partial charge in [-0.05, 0) is 19.8 Å². The molecule has 0 aromatic rings. The zero-order chi connectivity index (χ0) is 13.7. The molecule has 18 heavy (non-hydrogen) atoms. The largest absolute Gasteiger partial charge is 0.339 e. The maximum Gasteiger partial charge on any atom is 0.317 e. The third-order valence-electron chi connectivity index (χ3n) is 2.91. The van der Waals surface area contributed by atoms with Gasteiger partial charge >= 0.3 is 6.03 Å². The van der Waals surface area contributed by atoms with E-state index < -0.39 is 0 Å². The van der Waals surface area contributed by atoms with Gasteiger partial charge in [-0.2, -0.15) is 0 Å². The van der Waals surface area contributed by atoms with Gasteiger partial charge in [0, 0.05) is 38.6 Å². The molecule has 0 aliphatic carbocycles. The number of rotatable bonds is 3. The summed E-state index contributed by atoms with van der Waals surface area (Å²) in [5.74, 6) is 0.591. The minimum absolute atomic E-state index is 0.0269. The van der Waals surface area contributed by atoms with Crippen molar-refractivity contribution in [3.63, 3.8) is 0 Å². The highest BCUT2D eigenvalue weighted by molar-refractivity contribution is 5.77. The molecule has 0 bridgehead atoms. The first-order valence-corrected chi connectivity index (χ1v) is 6.73. The second-order valence-corrected chi connectivity index (χ2v) is 5.57. The molecule has 0 unspecified atom stereocenters. The maximum absolute atomic E-state index is 11.9. The Hall–Kier alpha value is -1.26. The van der Waals surface area contributed by atoms with Crippen LogP contribution < -0.4 is 5.32 Å². The van der Waals surface area contributed by atoms with Crippen molar-refractivity contribution in [1.29, 1.82) is 0 Å². The summed E-state index contributed by atoms with van der Waals surface area (Å²) in [6.45, 7) is 10.5. The number of nitrogens with one attached hydrogen (secondary N) is 1. The molecule has 1 rings (SSSR count). The fraction of sp³-hybridized carbons (Fsp3) is 0.846. The average molecular weight is 255 g/mol. The van der Waals surface area contributed by atoms with Gasteiger partial charge in [0.2, 0.25) is 5.91 Å². The highest BCUT2D eigenvalue weighted by atomic mass is 16.2. The molecule has 1 heterocycles. The third kappa shape index (κ3) is 4.55. The number of hydrogen-bond donors (Lipinski definition) is 1. The van der Waals surface area contributed by atoms with E-state index in [1.165, 1.54) is 0 Å². The predicted molar refractivity (Wildman–Crippen MR) is 71.3 cm³/mol. The first kappa shape index (κ1) is 14.8. The first-order chi connectivity index (χ1) is 8.40. The molecule has 0 spiro atoms. The lowest BCUT2D eigenvalue weighted by molar-refractivity contribution is -0.133. The van der Waals surface area contributed by atoms with Crippen molar-refractivity contribution in [3.8, 4) is 0 Å². The van der Waals surface area contributed by atoms with Crippen LogP contribution in [0.5, 0.6) is 0 Å². The van der Waals surface area contributed by atoms with Crippen LogP contribution in [0.2, 0.25) is 0 Å². The lowest BCUT2D eigenvalue weighted by Gasteiger charge is -2.35. The van der Waals surface area contributed by atoms with Gasteiger partial charge in [-0.25, -0.2) is 4.79 Å². The summed E-state index contributed by atoms with van der Waals surface area (Å²) in [4.78, 5) is 27.3. The van der Waals surface area contributed by atoms with Gasteiger partial charge in [0.15, 0.2) is 0 Å². The summed E-state index contributed by atoms with van der Waals surface area (Å²) >= 11 is 0. The summed E-state index contributed by atoms with van der Waals surface area (Å²) < 4.78 is 0. The molecule has 1 N–H and O–H groups in total. The Balaban J connectivity index is 2.36. The van der Waals surface area contributed by atoms with Gasteiger partial charge in [0.05, 0.1) is 0 Å². The fourth-order valence-corrected chi connectivity index (χ4v) is 1.98. The van der Waals surface area contributed by atoms with E-state index in [0.717, 1.165) is 0 Å². The summed E-state index contributed by atoms with van der Waals surface area (Å²) in [7, 11) is 0. The predicted octanol–water partition coefficient (Wildman–Crippen LogP) is 1.29. The van der Waals surface area contributed by atoms with Crippen molar-refractivity contribution < 1.29 is 9.59 Å². The molecule has 1 fully saturated rings. The number of carbonyl (C=O) groups excluding carboxylic acids is 2. The van der Waals surface area contributed by atoms with Gasteiger partial charge in [-0.15, -0.1) is 0 Å².